The van der Waals surface area contributed by atoms with Crippen molar-refractivity contribution in [1.82, 2.24) is 15.0 Å². The van der Waals surface area contributed by atoms with Gasteiger partial charge >= 0.3 is 5.97 Å². The van der Waals surface area contributed by atoms with Crippen LogP contribution in [0.25, 0.3) is 0 Å². The van der Waals surface area contributed by atoms with Gasteiger partial charge in [-0.3, -0.25) is 0 Å². The molecule has 0 saturated carbocycles. The van der Waals surface area contributed by atoms with Crippen molar-refractivity contribution in [1.29, 1.82) is 0 Å². The van der Waals surface area contributed by atoms with Gasteiger partial charge in [-0.2, -0.15) is 0 Å². The van der Waals surface area contributed by atoms with Crippen molar-refractivity contribution in [3.63, 3.8) is 0 Å². The predicted octanol–water partition coefficient (Wildman–Crippen LogP) is 1.74. The first-order valence-corrected chi connectivity index (χ1v) is 6.85. The normalized spacial score (nSPS) is 19.8. The quantitative estimate of drug-likeness (QED) is 0.879. The standard InChI is InChI=1S/C13H21N3O3/c1-9(2)7-11-12(13(17)18)14-15-16(11)8-10-5-3-4-6-19-10/h9-10H,3-8H2,1-2H3,(H,17,18). The molecule has 1 atom stereocenters. The summed E-state index contributed by atoms with van der Waals surface area (Å²) in [6.07, 6.45) is 4.06. The Kier molecular flexibility index (Phi) is 4.52. The van der Waals surface area contributed by atoms with E-state index in [0.29, 0.717) is 24.6 Å². The van der Waals surface area contributed by atoms with Crippen LogP contribution in [0, 0.1) is 5.92 Å². The zero-order valence-electron chi connectivity index (χ0n) is 11.5. The third kappa shape index (κ3) is 3.53. The highest BCUT2D eigenvalue weighted by Gasteiger charge is 2.22. The molecule has 0 bridgehead atoms. The second-order valence-corrected chi connectivity index (χ2v) is 5.46. The molecule has 1 aromatic heterocycles. The maximum absolute atomic E-state index is 11.2. The first kappa shape index (κ1) is 14.0. The molecule has 6 nitrogen and oxygen atoms in total. The first-order chi connectivity index (χ1) is 9.08. The number of nitrogens with zero attached hydrogens (tertiary/aromatic N) is 3. The Balaban J connectivity index is 2.16. The Labute approximate surface area is 112 Å². The lowest BCUT2D eigenvalue weighted by Gasteiger charge is -2.23. The summed E-state index contributed by atoms with van der Waals surface area (Å²) in [4.78, 5) is 11.2. The molecule has 1 aliphatic heterocycles. The van der Waals surface area contributed by atoms with E-state index in [-0.39, 0.29) is 11.8 Å². The topological polar surface area (TPSA) is 77.2 Å². The van der Waals surface area contributed by atoms with Crippen LogP contribution in [-0.4, -0.2) is 38.8 Å². The van der Waals surface area contributed by atoms with Gasteiger partial charge in [0.25, 0.3) is 0 Å². The fourth-order valence-corrected chi connectivity index (χ4v) is 2.38. The van der Waals surface area contributed by atoms with Gasteiger partial charge < -0.3 is 9.84 Å². The lowest BCUT2D eigenvalue weighted by atomic mass is 10.1. The summed E-state index contributed by atoms with van der Waals surface area (Å²) >= 11 is 0. The molecular weight excluding hydrogens is 246 g/mol. The Morgan fingerprint density at radius 2 is 2.32 bits per heavy atom. The van der Waals surface area contributed by atoms with Gasteiger partial charge in [-0.25, -0.2) is 9.48 Å². The van der Waals surface area contributed by atoms with E-state index in [9.17, 15) is 4.79 Å². The van der Waals surface area contributed by atoms with Crippen molar-refractivity contribution in [2.24, 2.45) is 5.92 Å². The molecule has 19 heavy (non-hydrogen) atoms. The van der Waals surface area contributed by atoms with E-state index in [4.69, 9.17) is 9.84 Å². The van der Waals surface area contributed by atoms with Crippen LogP contribution in [0.4, 0.5) is 0 Å². The SMILES string of the molecule is CC(C)Cc1c(C(=O)O)nnn1CC1CCCCO1. The average molecular weight is 267 g/mol. The molecule has 0 aromatic carbocycles. The molecule has 106 valence electrons. The molecule has 1 saturated heterocycles. The highest BCUT2D eigenvalue weighted by Crippen LogP contribution is 2.17. The largest absolute Gasteiger partial charge is 0.476 e. The minimum absolute atomic E-state index is 0.0736. The maximum Gasteiger partial charge on any atom is 0.358 e. The Hall–Kier alpha value is -1.43. The highest BCUT2D eigenvalue weighted by molar-refractivity contribution is 5.86. The lowest BCUT2D eigenvalue weighted by Crippen LogP contribution is -2.26. The van der Waals surface area contributed by atoms with E-state index in [0.717, 1.165) is 25.9 Å². The monoisotopic (exact) mass is 267 g/mol. The molecular formula is C13H21N3O3. The number of aromatic nitrogens is 3. The van der Waals surface area contributed by atoms with Crippen LogP contribution < -0.4 is 0 Å². The van der Waals surface area contributed by atoms with Crippen LogP contribution in [0.5, 0.6) is 0 Å². The van der Waals surface area contributed by atoms with Crippen molar-refractivity contribution in [3.05, 3.63) is 11.4 Å². The number of aromatic carboxylic acids is 1. The van der Waals surface area contributed by atoms with Gasteiger partial charge in [-0.1, -0.05) is 19.1 Å². The average Bonchev–Trinajstić information content (AvgIpc) is 2.73. The fraction of sp³-hybridized carbons (Fsp3) is 0.769. The third-order valence-corrected chi connectivity index (χ3v) is 3.29. The Bertz CT molecular complexity index is 436. The van der Waals surface area contributed by atoms with Crippen LogP contribution in [0.3, 0.4) is 0 Å². The molecule has 0 amide bonds. The van der Waals surface area contributed by atoms with Crippen LogP contribution in [0.1, 0.15) is 49.3 Å². The summed E-state index contributed by atoms with van der Waals surface area (Å²) in [7, 11) is 0. The zero-order chi connectivity index (χ0) is 13.8. The van der Waals surface area contributed by atoms with Gasteiger partial charge in [0.2, 0.25) is 0 Å². The number of carboxylic acids is 1. The molecule has 1 unspecified atom stereocenters. The van der Waals surface area contributed by atoms with Crippen molar-refractivity contribution in [2.45, 2.75) is 52.2 Å². The van der Waals surface area contributed by atoms with Gasteiger partial charge in [-0.05, 0) is 31.6 Å². The van der Waals surface area contributed by atoms with Crippen molar-refractivity contribution >= 4 is 5.97 Å². The number of hydrogen-bond acceptors (Lipinski definition) is 4. The molecule has 0 spiro atoms. The Morgan fingerprint density at radius 1 is 1.53 bits per heavy atom. The number of ether oxygens (including phenoxy) is 1. The van der Waals surface area contributed by atoms with Gasteiger partial charge in [0, 0.05) is 6.61 Å². The van der Waals surface area contributed by atoms with Gasteiger partial charge in [-0.15, -0.1) is 5.10 Å². The molecule has 2 rings (SSSR count). The summed E-state index contributed by atoms with van der Waals surface area (Å²) in [5.41, 5.74) is 0.779. The van der Waals surface area contributed by atoms with E-state index in [1.807, 2.05) is 0 Å². The predicted molar refractivity (Wildman–Crippen MR) is 69.1 cm³/mol. The maximum atomic E-state index is 11.2. The minimum atomic E-state index is -1.01. The smallest absolute Gasteiger partial charge is 0.358 e. The second kappa shape index (κ2) is 6.14. The van der Waals surface area contributed by atoms with E-state index >= 15 is 0 Å². The van der Waals surface area contributed by atoms with E-state index in [1.165, 1.54) is 0 Å². The van der Waals surface area contributed by atoms with Gasteiger partial charge in [0.1, 0.15) is 0 Å². The van der Waals surface area contributed by atoms with Crippen molar-refractivity contribution < 1.29 is 14.6 Å². The van der Waals surface area contributed by atoms with Crippen LogP contribution >= 0.6 is 0 Å². The molecule has 1 fully saturated rings. The first-order valence-electron chi connectivity index (χ1n) is 6.85. The van der Waals surface area contributed by atoms with Crippen LogP contribution in [-0.2, 0) is 17.7 Å². The summed E-state index contributed by atoms with van der Waals surface area (Å²) in [5.74, 6) is -0.644. The number of rotatable bonds is 5. The highest BCUT2D eigenvalue weighted by atomic mass is 16.5. The summed E-state index contributed by atoms with van der Waals surface area (Å²) in [5, 5.41) is 16.9. The van der Waals surface area contributed by atoms with Gasteiger partial charge in [0.05, 0.1) is 18.3 Å². The molecule has 1 aromatic rings. The molecule has 6 heteroatoms. The van der Waals surface area contributed by atoms with Crippen molar-refractivity contribution in [3.8, 4) is 0 Å². The third-order valence-electron chi connectivity index (χ3n) is 3.29. The summed E-state index contributed by atoms with van der Waals surface area (Å²) in [6, 6.07) is 0. The van der Waals surface area contributed by atoms with E-state index in [1.54, 1.807) is 4.68 Å². The molecule has 1 aliphatic rings. The summed E-state index contributed by atoms with van der Waals surface area (Å²) in [6.45, 7) is 5.49. The number of carbonyl (C=O) groups is 1. The van der Waals surface area contributed by atoms with Crippen molar-refractivity contribution in [2.75, 3.05) is 6.61 Å². The Morgan fingerprint density at radius 3 is 2.89 bits per heavy atom. The van der Waals surface area contributed by atoms with Crippen LogP contribution in [0.15, 0.2) is 0 Å². The number of carboxylic acid groups (broad SMARTS) is 1. The zero-order valence-corrected chi connectivity index (χ0v) is 11.5. The van der Waals surface area contributed by atoms with E-state index in [2.05, 4.69) is 24.2 Å². The lowest BCUT2D eigenvalue weighted by molar-refractivity contribution is 0.00314. The molecule has 1 N–H and O–H groups in total. The molecule has 2 heterocycles. The molecule has 0 aliphatic carbocycles. The molecule has 0 radical (unpaired) electrons. The van der Waals surface area contributed by atoms with E-state index < -0.39 is 5.97 Å². The van der Waals surface area contributed by atoms with Crippen LogP contribution in [0.2, 0.25) is 0 Å². The van der Waals surface area contributed by atoms with Gasteiger partial charge in [0.15, 0.2) is 5.69 Å². The number of hydrogen-bond donors (Lipinski definition) is 1. The second-order valence-electron chi connectivity index (χ2n) is 5.46. The summed E-state index contributed by atoms with van der Waals surface area (Å²) < 4.78 is 7.38. The fourth-order valence-electron chi connectivity index (χ4n) is 2.38. The minimum Gasteiger partial charge on any atom is -0.476 e.